The van der Waals surface area contributed by atoms with Gasteiger partial charge in [-0.05, 0) is 36.6 Å². The van der Waals surface area contributed by atoms with Crippen LogP contribution in [-0.4, -0.2) is 50.0 Å². The number of nitrogens with one attached hydrogen (secondary N) is 2. The van der Waals surface area contributed by atoms with Crippen LogP contribution in [0.3, 0.4) is 0 Å². The number of guanidine groups is 1. The molecule has 1 saturated carbocycles. The first kappa shape index (κ1) is 23.2. The molecule has 0 aliphatic heterocycles. The van der Waals surface area contributed by atoms with Gasteiger partial charge in [0.2, 0.25) is 5.91 Å². The molecule has 0 saturated heterocycles. The zero-order valence-electron chi connectivity index (χ0n) is 16.2. The highest BCUT2D eigenvalue weighted by atomic mass is 127. The maximum atomic E-state index is 11.9. The Morgan fingerprint density at radius 1 is 1.38 bits per heavy atom. The monoisotopic (exact) mass is 492 g/mol. The second kappa shape index (κ2) is 12.5. The Balaban J connectivity index is 0.00000338. The molecule has 2 N–H and O–H groups in total. The molecule has 1 heterocycles. The number of carbonyl (C=O) groups is 1. The van der Waals surface area contributed by atoms with Crippen molar-refractivity contribution in [2.75, 3.05) is 27.2 Å². The van der Waals surface area contributed by atoms with E-state index in [4.69, 9.17) is 0 Å². The Labute approximate surface area is 179 Å². The highest BCUT2D eigenvalue weighted by Crippen LogP contribution is 2.26. The van der Waals surface area contributed by atoms with Gasteiger partial charge in [0.25, 0.3) is 0 Å². The van der Waals surface area contributed by atoms with Gasteiger partial charge in [0.05, 0.1) is 0 Å². The fourth-order valence-corrected chi connectivity index (χ4v) is 3.89. The summed E-state index contributed by atoms with van der Waals surface area (Å²) in [5.41, 5.74) is 0. The molecular formula is C19H33IN4OS. The summed E-state index contributed by atoms with van der Waals surface area (Å²) in [7, 11) is 3.53. The number of likely N-dealkylation sites (N-methyl/N-ethyl adjacent to an activating group) is 1. The smallest absolute Gasteiger partial charge is 0.243 e. The molecule has 26 heavy (non-hydrogen) atoms. The highest BCUT2D eigenvalue weighted by molar-refractivity contribution is 14.0. The average molecular weight is 492 g/mol. The van der Waals surface area contributed by atoms with Crippen molar-refractivity contribution < 1.29 is 4.79 Å². The van der Waals surface area contributed by atoms with Gasteiger partial charge in [-0.15, -0.1) is 35.3 Å². The van der Waals surface area contributed by atoms with E-state index in [1.807, 2.05) is 0 Å². The summed E-state index contributed by atoms with van der Waals surface area (Å²) >= 11 is 1.77. The predicted molar refractivity (Wildman–Crippen MR) is 122 cm³/mol. The lowest BCUT2D eigenvalue weighted by Crippen LogP contribution is -2.46. The molecule has 0 aromatic carbocycles. The van der Waals surface area contributed by atoms with Crippen LogP contribution in [-0.2, 0) is 11.2 Å². The van der Waals surface area contributed by atoms with Crippen LogP contribution in [0.25, 0.3) is 0 Å². The van der Waals surface area contributed by atoms with Gasteiger partial charge in [-0.3, -0.25) is 4.79 Å². The van der Waals surface area contributed by atoms with Crippen molar-refractivity contribution in [3.63, 3.8) is 0 Å². The Kier molecular flexibility index (Phi) is 11.2. The fraction of sp³-hybridized carbons (Fsp3) is 0.684. The van der Waals surface area contributed by atoms with Crippen LogP contribution in [0.15, 0.2) is 22.5 Å². The van der Waals surface area contributed by atoms with Crippen LogP contribution < -0.4 is 10.6 Å². The molecule has 1 amide bonds. The number of rotatable bonds is 7. The lowest BCUT2D eigenvalue weighted by atomic mass is 9.84. The minimum atomic E-state index is 0. The molecule has 1 aliphatic rings. The van der Waals surface area contributed by atoms with E-state index in [0.717, 1.165) is 24.8 Å². The summed E-state index contributed by atoms with van der Waals surface area (Å²) in [5.74, 6) is 1.60. The van der Waals surface area contributed by atoms with Crippen molar-refractivity contribution in [1.29, 1.82) is 0 Å². The molecule has 0 spiro atoms. The van der Waals surface area contributed by atoms with Crippen LogP contribution in [0, 0.1) is 5.92 Å². The summed E-state index contributed by atoms with van der Waals surface area (Å²) in [6.07, 6.45) is 7.21. The van der Waals surface area contributed by atoms with Crippen molar-refractivity contribution in [1.82, 2.24) is 15.5 Å². The molecular weight excluding hydrogens is 459 g/mol. The first-order valence-corrected chi connectivity index (χ1v) is 10.2. The third-order valence-corrected chi connectivity index (χ3v) is 5.75. The van der Waals surface area contributed by atoms with Crippen molar-refractivity contribution >= 4 is 47.2 Å². The fourth-order valence-electron chi connectivity index (χ4n) is 3.19. The molecule has 7 heteroatoms. The van der Waals surface area contributed by atoms with E-state index in [1.54, 1.807) is 30.3 Å². The maximum absolute atomic E-state index is 11.9. The second-order valence-electron chi connectivity index (χ2n) is 6.99. The SMILES string of the molecule is CCC1CCCC(NC(=NCC(=O)N(C)C)NCCc2cccs2)C1.I. The predicted octanol–water partition coefficient (Wildman–Crippen LogP) is 3.50. The molecule has 2 unspecified atom stereocenters. The Morgan fingerprint density at radius 2 is 2.19 bits per heavy atom. The van der Waals surface area contributed by atoms with Crippen LogP contribution in [0.5, 0.6) is 0 Å². The summed E-state index contributed by atoms with van der Waals surface area (Å²) < 4.78 is 0. The third-order valence-electron chi connectivity index (χ3n) is 4.82. The van der Waals surface area contributed by atoms with Gasteiger partial charge >= 0.3 is 0 Å². The van der Waals surface area contributed by atoms with Gasteiger partial charge in [0, 0.05) is 31.6 Å². The zero-order valence-corrected chi connectivity index (χ0v) is 19.3. The van der Waals surface area contributed by atoms with Crippen molar-refractivity contribution in [2.45, 2.75) is 51.5 Å². The molecule has 1 fully saturated rings. The number of aliphatic imine (C=N–C) groups is 1. The number of hydrogen-bond donors (Lipinski definition) is 2. The van der Waals surface area contributed by atoms with Crippen molar-refractivity contribution in [3.05, 3.63) is 22.4 Å². The van der Waals surface area contributed by atoms with Crippen LogP contribution in [0.4, 0.5) is 0 Å². The summed E-state index contributed by atoms with van der Waals surface area (Å²) in [6, 6.07) is 4.69. The number of halogens is 1. The summed E-state index contributed by atoms with van der Waals surface area (Å²) in [4.78, 5) is 19.3. The normalized spacial score (nSPS) is 20.2. The molecule has 0 bridgehead atoms. The van der Waals surface area contributed by atoms with Gasteiger partial charge in [0.15, 0.2) is 5.96 Å². The number of thiophene rings is 1. The van der Waals surface area contributed by atoms with Crippen molar-refractivity contribution in [2.24, 2.45) is 10.9 Å². The van der Waals surface area contributed by atoms with Crippen LogP contribution in [0.1, 0.15) is 43.9 Å². The van der Waals surface area contributed by atoms with Crippen LogP contribution >= 0.6 is 35.3 Å². The van der Waals surface area contributed by atoms with E-state index < -0.39 is 0 Å². The molecule has 1 aliphatic carbocycles. The van der Waals surface area contributed by atoms with E-state index in [0.29, 0.717) is 6.04 Å². The quantitative estimate of drug-likeness (QED) is 0.348. The van der Waals surface area contributed by atoms with E-state index in [-0.39, 0.29) is 36.4 Å². The lowest BCUT2D eigenvalue weighted by Gasteiger charge is -2.30. The molecule has 2 rings (SSSR count). The van der Waals surface area contributed by atoms with Gasteiger partial charge < -0.3 is 15.5 Å². The molecule has 2 atom stereocenters. The van der Waals surface area contributed by atoms with E-state index in [9.17, 15) is 4.79 Å². The molecule has 148 valence electrons. The molecule has 0 radical (unpaired) electrons. The average Bonchev–Trinajstić information content (AvgIpc) is 3.12. The number of hydrogen-bond acceptors (Lipinski definition) is 3. The van der Waals surface area contributed by atoms with Gasteiger partial charge in [-0.2, -0.15) is 0 Å². The topological polar surface area (TPSA) is 56.7 Å². The minimum absolute atomic E-state index is 0. The lowest BCUT2D eigenvalue weighted by molar-refractivity contribution is -0.127. The van der Waals surface area contributed by atoms with E-state index in [1.165, 1.54) is 37.0 Å². The number of nitrogens with zero attached hydrogens (tertiary/aromatic N) is 2. The third kappa shape index (κ3) is 8.24. The minimum Gasteiger partial charge on any atom is -0.356 e. The van der Waals surface area contributed by atoms with Gasteiger partial charge in [-0.1, -0.05) is 32.3 Å². The first-order chi connectivity index (χ1) is 12.1. The zero-order chi connectivity index (χ0) is 18.1. The Bertz CT molecular complexity index is 548. The van der Waals surface area contributed by atoms with E-state index >= 15 is 0 Å². The highest BCUT2D eigenvalue weighted by Gasteiger charge is 2.21. The second-order valence-corrected chi connectivity index (χ2v) is 8.02. The summed E-state index contributed by atoms with van der Waals surface area (Å²) in [6.45, 7) is 3.29. The maximum Gasteiger partial charge on any atom is 0.243 e. The molecule has 1 aromatic rings. The first-order valence-electron chi connectivity index (χ1n) is 9.35. The Morgan fingerprint density at radius 3 is 2.85 bits per heavy atom. The number of amides is 1. The molecule has 1 aromatic heterocycles. The van der Waals surface area contributed by atoms with E-state index in [2.05, 4.69) is 40.1 Å². The van der Waals surface area contributed by atoms with Gasteiger partial charge in [-0.25, -0.2) is 4.99 Å². The van der Waals surface area contributed by atoms with Gasteiger partial charge in [0.1, 0.15) is 6.54 Å². The standard InChI is InChI=1S/C19H32N4OS.HI/c1-4-15-7-5-8-16(13-15)22-19(21-14-18(24)23(2)3)20-11-10-17-9-6-12-25-17;/h6,9,12,15-16H,4-5,7-8,10-11,13-14H2,1-3H3,(H2,20,21,22);1H. The van der Waals surface area contributed by atoms with Crippen molar-refractivity contribution in [3.8, 4) is 0 Å². The summed E-state index contributed by atoms with van der Waals surface area (Å²) in [5, 5.41) is 9.08. The number of carbonyl (C=O) groups excluding carboxylic acids is 1. The molecule has 5 nitrogen and oxygen atoms in total. The largest absolute Gasteiger partial charge is 0.356 e. The Hall–Kier alpha value is -0.830. The van der Waals surface area contributed by atoms with Crippen LogP contribution in [0.2, 0.25) is 0 Å².